The number of aliphatic hydroxyl groups is 2. The number of rotatable bonds is 6. The summed E-state index contributed by atoms with van der Waals surface area (Å²) in [5, 5.41) is 27.5. The third kappa shape index (κ3) is 2.96. The maximum absolute atomic E-state index is 11.8. The molecule has 0 saturated carbocycles. The number of nitrogens with zero attached hydrogens (tertiary/aromatic N) is 1. The van der Waals surface area contributed by atoms with Crippen LogP contribution in [0.4, 0.5) is 0 Å². The quantitative estimate of drug-likeness (QED) is 0.207. The van der Waals surface area contributed by atoms with Gasteiger partial charge in [0, 0.05) is 12.8 Å². The summed E-state index contributed by atoms with van der Waals surface area (Å²) in [6, 6.07) is 0. The van der Waals surface area contributed by atoms with Crippen LogP contribution >= 0.6 is 0 Å². The van der Waals surface area contributed by atoms with Gasteiger partial charge in [-0.05, 0) is 0 Å². The Bertz CT molecular complexity index is 841. The van der Waals surface area contributed by atoms with Gasteiger partial charge < -0.3 is 20.2 Å². The largest absolute Gasteiger partial charge is 0.478 e. The van der Waals surface area contributed by atoms with Crippen LogP contribution in [0.15, 0.2) is 0 Å². The first-order chi connectivity index (χ1) is 11.0. The van der Waals surface area contributed by atoms with Crippen LogP contribution in [0.1, 0.15) is 12.8 Å². The number of hydrogen-bond acceptors (Lipinski definition) is 11. The topological polar surface area (TPSA) is 250 Å². The number of carboxylic acid groups (broad SMARTS) is 1. The van der Waals surface area contributed by atoms with Gasteiger partial charge in [0.25, 0.3) is 11.8 Å². The van der Waals surface area contributed by atoms with Crippen LogP contribution in [0.5, 0.6) is 0 Å². The molecule has 2 atom stereocenters. The zero-order chi connectivity index (χ0) is 20.0. The van der Waals surface area contributed by atoms with E-state index in [1.807, 2.05) is 0 Å². The number of imide groups is 1. The predicted molar refractivity (Wildman–Crippen MR) is 67.8 cm³/mol. The summed E-state index contributed by atoms with van der Waals surface area (Å²) in [5.41, 5.74) is 0. The van der Waals surface area contributed by atoms with E-state index >= 15 is 0 Å². The Hall–Kier alpha value is -2.18. The Morgan fingerprint density at radius 3 is 1.56 bits per heavy atom. The summed E-state index contributed by atoms with van der Waals surface area (Å²) in [4.78, 5) is 38.6. The van der Waals surface area contributed by atoms with Gasteiger partial charge in [-0.15, -0.1) is 5.06 Å². The van der Waals surface area contributed by atoms with Crippen molar-refractivity contribution >= 4 is 44.0 Å². The number of amides is 2. The van der Waals surface area contributed by atoms with Gasteiger partial charge in [-0.1, -0.05) is 0 Å². The third-order valence-corrected chi connectivity index (χ3v) is 5.51. The second-order valence-electron chi connectivity index (χ2n) is 4.50. The predicted octanol–water partition coefficient (Wildman–Crippen LogP) is -4.17. The Balaban J connectivity index is 3.62. The number of hydrogen-bond donors (Lipinski definition) is 5. The maximum atomic E-state index is 11.8. The fraction of sp³-hybridized carbons (Fsp3) is 0.500. The Morgan fingerprint density at radius 2 is 1.28 bits per heavy atom. The molecule has 1 aliphatic rings. The molecule has 1 heterocycles. The van der Waals surface area contributed by atoms with E-state index in [0.717, 1.165) is 0 Å². The molecule has 0 bridgehead atoms. The van der Waals surface area contributed by atoms with E-state index in [1.54, 1.807) is 0 Å². The molecule has 0 aromatic carbocycles. The van der Waals surface area contributed by atoms with E-state index in [9.17, 15) is 46.2 Å². The summed E-state index contributed by atoms with van der Waals surface area (Å²) in [6.07, 6.45) is -1.09. The molecule has 1 saturated heterocycles. The summed E-state index contributed by atoms with van der Waals surface area (Å²) >= 11 is 0. The minimum Gasteiger partial charge on any atom is -0.478 e. The highest BCUT2D eigenvalue weighted by molar-refractivity contribution is 7.92. The van der Waals surface area contributed by atoms with Gasteiger partial charge in [-0.3, -0.25) is 18.7 Å². The molecule has 0 aromatic heterocycles. The van der Waals surface area contributed by atoms with Crippen molar-refractivity contribution in [3.05, 3.63) is 0 Å². The molecule has 2 unspecified atom stereocenters. The zero-order valence-electron chi connectivity index (χ0n) is 11.6. The van der Waals surface area contributed by atoms with Crippen LogP contribution in [-0.4, -0.2) is 79.9 Å². The highest BCUT2D eigenvalue weighted by Crippen LogP contribution is 2.34. The molecule has 0 spiro atoms. The van der Waals surface area contributed by atoms with Crippen molar-refractivity contribution in [3.63, 3.8) is 0 Å². The van der Waals surface area contributed by atoms with Crippen molar-refractivity contribution < 1.29 is 65.3 Å². The summed E-state index contributed by atoms with van der Waals surface area (Å²) in [5.74, 6) is -8.74. The fourth-order valence-electron chi connectivity index (χ4n) is 1.65. The van der Waals surface area contributed by atoms with Crippen molar-refractivity contribution in [1.82, 2.24) is 5.06 Å². The number of carbonyl (C=O) groups is 4. The number of aliphatic carboxylic acids is 1. The van der Waals surface area contributed by atoms with Crippen molar-refractivity contribution in [2.45, 2.75) is 22.7 Å². The lowest BCUT2D eigenvalue weighted by molar-refractivity contribution is -0.214. The summed E-state index contributed by atoms with van der Waals surface area (Å²) in [7, 11) is -13.1. The average molecular weight is 407 g/mol. The molecular weight excluding hydrogens is 398 g/mol. The normalized spacial score (nSPS) is 20.7. The molecule has 17 heteroatoms. The monoisotopic (exact) mass is 407 g/mol. The van der Waals surface area contributed by atoms with E-state index in [0.29, 0.717) is 0 Å². The molecule has 1 rings (SSSR count). The van der Waals surface area contributed by atoms with E-state index in [2.05, 4.69) is 4.84 Å². The highest BCUT2D eigenvalue weighted by Gasteiger charge is 2.77. The van der Waals surface area contributed by atoms with Crippen molar-refractivity contribution in [3.8, 4) is 0 Å². The summed E-state index contributed by atoms with van der Waals surface area (Å²) in [6.45, 7) is 0. The van der Waals surface area contributed by atoms with Gasteiger partial charge in [-0.2, -0.15) is 16.8 Å². The van der Waals surface area contributed by atoms with Gasteiger partial charge in [0.1, 0.15) is 0 Å². The fourth-order valence-corrected chi connectivity index (χ4v) is 3.62. The minimum atomic E-state index is -6.56. The van der Waals surface area contributed by atoms with Crippen LogP contribution in [0.2, 0.25) is 0 Å². The first kappa shape index (κ1) is 20.9. The van der Waals surface area contributed by atoms with Crippen molar-refractivity contribution in [1.29, 1.82) is 0 Å². The van der Waals surface area contributed by atoms with E-state index in [-0.39, 0.29) is 0 Å². The van der Waals surface area contributed by atoms with Gasteiger partial charge in [-0.25, -0.2) is 9.59 Å². The first-order valence-electron chi connectivity index (χ1n) is 5.72. The molecule has 1 fully saturated rings. The Morgan fingerprint density at radius 1 is 0.920 bits per heavy atom. The van der Waals surface area contributed by atoms with Crippen molar-refractivity contribution in [2.24, 2.45) is 0 Å². The lowest BCUT2D eigenvalue weighted by Crippen LogP contribution is -2.71. The molecule has 0 aromatic rings. The van der Waals surface area contributed by atoms with Crippen LogP contribution in [0.25, 0.3) is 0 Å². The standard InChI is InChI=1S/C8H9NO14S2/c10-3-1-2-4(11)9(3)23-6(14)8(16,25(20,21)22)7(15,5(12)13)24(17,18)19/h15-16H,1-2H2,(H,12,13)(H,17,18,19)(H,20,21,22). The molecular formula is C8H9NO14S2. The van der Waals surface area contributed by atoms with E-state index in [4.69, 9.17) is 14.2 Å². The number of carboxylic acids is 1. The summed E-state index contributed by atoms with van der Waals surface area (Å²) < 4.78 is 62.3. The van der Waals surface area contributed by atoms with Gasteiger partial charge >= 0.3 is 42.0 Å². The van der Waals surface area contributed by atoms with Crippen LogP contribution in [0.3, 0.4) is 0 Å². The van der Waals surface area contributed by atoms with Crippen LogP contribution in [-0.2, 0) is 44.3 Å². The molecule has 0 radical (unpaired) electrons. The number of carbonyl (C=O) groups excluding carboxylic acids is 3. The van der Waals surface area contributed by atoms with Gasteiger partial charge in [0.05, 0.1) is 0 Å². The van der Waals surface area contributed by atoms with Gasteiger partial charge in [0.15, 0.2) is 0 Å². The third-order valence-electron chi connectivity index (χ3n) is 2.95. The highest BCUT2D eigenvalue weighted by atomic mass is 32.2. The molecule has 25 heavy (non-hydrogen) atoms. The number of hydroxylamine groups is 2. The van der Waals surface area contributed by atoms with Gasteiger partial charge in [0.2, 0.25) is 0 Å². The molecule has 15 nitrogen and oxygen atoms in total. The van der Waals surface area contributed by atoms with Crippen LogP contribution < -0.4 is 0 Å². The average Bonchev–Trinajstić information content (AvgIpc) is 2.74. The second-order valence-corrected chi connectivity index (χ2v) is 7.59. The maximum Gasteiger partial charge on any atom is 0.387 e. The molecule has 1 aliphatic heterocycles. The first-order valence-corrected chi connectivity index (χ1v) is 8.60. The van der Waals surface area contributed by atoms with Crippen molar-refractivity contribution in [2.75, 3.05) is 0 Å². The lowest BCUT2D eigenvalue weighted by Gasteiger charge is -2.32. The molecule has 142 valence electrons. The molecule has 2 amide bonds. The lowest BCUT2D eigenvalue weighted by atomic mass is 10.2. The second kappa shape index (κ2) is 5.97. The molecule has 5 N–H and O–H groups in total. The Kier molecular flexibility index (Phi) is 4.98. The molecule has 0 aliphatic carbocycles. The van der Waals surface area contributed by atoms with E-state index in [1.165, 1.54) is 0 Å². The Labute approximate surface area is 137 Å². The van der Waals surface area contributed by atoms with E-state index < -0.39 is 71.8 Å². The SMILES string of the molecule is O=C1CCC(=O)N1OC(=O)C(O)(C(O)(C(=O)O)S(=O)(=O)O)S(=O)(=O)O. The van der Waals surface area contributed by atoms with Crippen LogP contribution in [0, 0.1) is 0 Å². The minimum absolute atomic E-state index is 0.454. The zero-order valence-corrected chi connectivity index (χ0v) is 13.2. The smallest absolute Gasteiger partial charge is 0.387 e.